The number of esters is 1. The first-order valence-electron chi connectivity index (χ1n) is 11.6. The maximum Gasteiger partial charge on any atom is 0.307 e. The van der Waals surface area contributed by atoms with E-state index in [0.29, 0.717) is 43.7 Å². The number of carbonyl (C=O) groups excluding carboxylic acids is 2. The fourth-order valence-electron chi connectivity index (χ4n) is 7.99. The molecule has 3 fully saturated rings. The van der Waals surface area contributed by atoms with E-state index in [-0.39, 0.29) is 28.6 Å². The molecule has 0 radical (unpaired) electrons. The second-order valence-electron chi connectivity index (χ2n) is 10.8. The van der Waals surface area contributed by atoms with Gasteiger partial charge in [0.05, 0.1) is 13.2 Å². The molecular formula is C25H34O5. The first-order chi connectivity index (χ1) is 14.2. The zero-order valence-electron chi connectivity index (χ0n) is 18.7. The van der Waals surface area contributed by atoms with E-state index in [1.54, 1.807) is 0 Å². The molecule has 164 valence electrons. The van der Waals surface area contributed by atoms with Gasteiger partial charge >= 0.3 is 5.97 Å². The Morgan fingerprint density at radius 3 is 2.60 bits per heavy atom. The maximum atomic E-state index is 13.7. The normalized spacial score (nSPS) is 44.5. The third-order valence-corrected chi connectivity index (χ3v) is 9.19. The molecule has 5 nitrogen and oxygen atoms in total. The predicted octanol–water partition coefficient (Wildman–Crippen LogP) is 4.56. The van der Waals surface area contributed by atoms with Gasteiger partial charge in [0.25, 0.3) is 0 Å². The fourth-order valence-corrected chi connectivity index (χ4v) is 7.99. The van der Waals surface area contributed by atoms with Crippen LogP contribution in [0.1, 0.15) is 66.2 Å². The summed E-state index contributed by atoms with van der Waals surface area (Å²) in [4.78, 5) is 25.1. The topological polar surface area (TPSA) is 61.8 Å². The Hall–Kier alpha value is -1.46. The van der Waals surface area contributed by atoms with Crippen LogP contribution >= 0.6 is 0 Å². The average Bonchev–Trinajstić information content (AvgIpc) is 3.25. The van der Waals surface area contributed by atoms with Crippen molar-refractivity contribution in [1.82, 2.24) is 0 Å². The average molecular weight is 415 g/mol. The predicted molar refractivity (Wildman–Crippen MR) is 111 cm³/mol. The second-order valence-corrected chi connectivity index (χ2v) is 10.8. The van der Waals surface area contributed by atoms with Gasteiger partial charge in [-0.3, -0.25) is 9.59 Å². The summed E-state index contributed by atoms with van der Waals surface area (Å²) < 4.78 is 17.5. The zero-order chi connectivity index (χ0) is 21.3. The van der Waals surface area contributed by atoms with Crippen LogP contribution in [0, 0.1) is 34.5 Å². The summed E-state index contributed by atoms with van der Waals surface area (Å²) in [6.07, 6.45) is 9.69. The molecule has 0 aromatic heterocycles. The molecule has 0 aromatic rings. The first kappa shape index (κ1) is 20.4. The summed E-state index contributed by atoms with van der Waals surface area (Å²) in [7, 11) is 0. The fraction of sp³-hybridized carbons (Fsp3) is 0.760. The molecule has 6 atom stereocenters. The highest BCUT2D eigenvalue weighted by Gasteiger charge is 2.65. The number of carbonyl (C=O) groups is 2. The molecule has 5 rings (SSSR count). The molecule has 1 heterocycles. The molecule has 30 heavy (non-hydrogen) atoms. The monoisotopic (exact) mass is 414 g/mol. The quantitative estimate of drug-likeness (QED) is 0.620. The lowest BCUT2D eigenvalue weighted by molar-refractivity contribution is -0.212. The molecule has 4 aliphatic carbocycles. The van der Waals surface area contributed by atoms with E-state index < -0.39 is 5.79 Å². The van der Waals surface area contributed by atoms with Crippen molar-refractivity contribution in [1.29, 1.82) is 0 Å². The van der Waals surface area contributed by atoms with Crippen molar-refractivity contribution in [3.8, 4) is 0 Å². The van der Waals surface area contributed by atoms with Crippen LogP contribution in [0.5, 0.6) is 0 Å². The van der Waals surface area contributed by atoms with Crippen molar-refractivity contribution in [2.45, 2.75) is 72.0 Å². The Kier molecular flexibility index (Phi) is 4.61. The molecular weight excluding hydrogens is 380 g/mol. The minimum atomic E-state index is -0.553. The van der Waals surface area contributed by atoms with Crippen LogP contribution < -0.4 is 0 Å². The van der Waals surface area contributed by atoms with Crippen LogP contribution in [0.3, 0.4) is 0 Å². The van der Waals surface area contributed by atoms with Crippen molar-refractivity contribution in [3.63, 3.8) is 0 Å². The SMILES string of the molecule is CC(=O)OC1=CC2=CCC3C(C(=O)C[C@@]4(C)C3CC[C@@H]4C3(C)OCCO3)[C@@]2(C)CC1. The molecule has 0 bridgehead atoms. The minimum absolute atomic E-state index is 0.0580. The Balaban J connectivity index is 1.48. The number of hydrogen-bond donors (Lipinski definition) is 0. The van der Waals surface area contributed by atoms with Gasteiger partial charge in [-0.05, 0) is 61.5 Å². The highest BCUT2D eigenvalue weighted by atomic mass is 16.7. The zero-order valence-corrected chi connectivity index (χ0v) is 18.7. The molecule has 3 unspecified atom stereocenters. The molecule has 0 N–H and O–H groups in total. The third kappa shape index (κ3) is 2.81. The van der Waals surface area contributed by atoms with Gasteiger partial charge in [0.15, 0.2) is 5.79 Å². The third-order valence-electron chi connectivity index (χ3n) is 9.19. The van der Waals surface area contributed by atoms with Gasteiger partial charge in [-0.25, -0.2) is 0 Å². The maximum absolute atomic E-state index is 13.7. The lowest BCUT2D eigenvalue weighted by Crippen LogP contribution is -2.56. The molecule has 2 saturated carbocycles. The summed E-state index contributed by atoms with van der Waals surface area (Å²) in [6, 6.07) is 0. The van der Waals surface area contributed by atoms with E-state index in [9.17, 15) is 9.59 Å². The Morgan fingerprint density at radius 1 is 1.17 bits per heavy atom. The number of allylic oxidation sites excluding steroid dienone is 4. The summed E-state index contributed by atoms with van der Waals surface area (Å²) in [5.74, 6) is 1.54. The Labute approximate surface area is 179 Å². The highest BCUT2D eigenvalue weighted by molar-refractivity contribution is 5.85. The minimum Gasteiger partial charge on any atom is -0.431 e. The van der Waals surface area contributed by atoms with Gasteiger partial charge in [-0.15, -0.1) is 0 Å². The standard InChI is InChI=1S/C25H34O5/c1-15(26)30-17-9-10-23(2)16(13-17)5-6-18-19-7-8-21(25(4)28-11-12-29-25)24(19,3)14-20(27)22(18)23/h5,13,18-19,21-22H,6-12,14H2,1-4H3/t18?,19?,21-,22?,23-,24-/m0/s1. The number of rotatable bonds is 2. The number of hydrogen-bond acceptors (Lipinski definition) is 5. The lowest BCUT2D eigenvalue weighted by Gasteiger charge is -2.56. The van der Waals surface area contributed by atoms with Crippen LogP contribution in [-0.4, -0.2) is 30.8 Å². The van der Waals surface area contributed by atoms with Crippen LogP contribution in [0.4, 0.5) is 0 Å². The molecule has 5 heteroatoms. The highest BCUT2D eigenvalue weighted by Crippen LogP contribution is 2.66. The van der Waals surface area contributed by atoms with E-state index in [1.165, 1.54) is 12.5 Å². The van der Waals surface area contributed by atoms with Gasteiger partial charge < -0.3 is 14.2 Å². The van der Waals surface area contributed by atoms with E-state index in [1.807, 2.05) is 6.08 Å². The van der Waals surface area contributed by atoms with Crippen molar-refractivity contribution in [2.24, 2.45) is 34.5 Å². The molecule has 0 spiro atoms. The van der Waals surface area contributed by atoms with Crippen molar-refractivity contribution < 1.29 is 23.8 Å². The van der Waals surface area contributed by atoms with Crippen molar-refractivity contribution >= 4 is 11.8 Å². The van der Waals surface area contributed by atoms with Crippen LogP contribution in [0.25, 0.3) is 0 Å². The van der Waals surface area contributed by atoms with E-state index >= 15 is 0 Å². The summed E-state index contributed by atoms with van der Waals surface area (Å²) in [5, 5.41) is 0. The van der Waals surface area contributed by atoms with Gasteiger partial charge in [-0.1, -0.05) is 19.9 Å². The van der Waals surface area contributed by atoms with E-state index in [0.717, 1.165) is 31.4 Å². The Morgan fingerprint density at radius 2 is 1.90 bits per heavy atom. The van der Waals surface area contributed by atoms with E-state index in [2.05, 4.69) is 26.8 Å². The van der Waals surface area contributed by atoms with Gasteiger partial charge in [-0.2, -0.15) is 0 Å². The van der Waals surface area contributed by atoms with Crippen LogP contribution in [0.2, 0.25) is 0 Å². The van der Waals surface area contributed by atoms with Crippen molar-refractivity contribution in [2.75, 3.05) is 13.2 Å². The second kappa shape index (κ2) is 6.77. The lowest BCUT2D eigenvalue weighted by atomic mass is 9.47. The van der Waals surface area contributed by atoms with Crippen LogP contribution in [-0.2, 0) is 23.8 Å². The smallest absolute Gasteiger partial charge is 0.307 e. The van der Waals surface area contributed by atoms with Gasteiger partial charge in [0, 0.05) is 37.0 Å². The number of ketones is 1. The molecule has 0 aromatic carbocycles. The van der Waals surface area contributed by atoms with Crippen LogP contribution in [0.15, 0.2) is 23.5 Å². The summed E-state index contributed by atoms with van der Waals surface area (Å²) >= 11 is 0. The summed E-state index contributed by atoms with van der Waals surface area (Å²) in [5.41, 5.74) is 0.965. The molecule has 5 aliphatic rings. The number of Topliss-reactive ketones (excluding diaryl/α,β-unsaturated/α-hetero) is 1. The molecule has 1 saturated heterocycles. The van der Waals surface area contributed by atoms with Crippen molar-refractivity contribution in [3.05, 3.63) is 23.5 Å². The summed E-state index contributed by atoms with van der Waals surface area (Å²) in [6.45, 7) is 9.40. The van der Waals surface area contributed by atoms with E-state index in [4.69, 9.17) is 14.2 Å². The Bertz CT molecular complexity index is 834. The number of ether oxygens (including phenoxy) is 3. The number of fused-ring (bicyclic) bond motifs is 5. The molecule has 0 amide bonds. The molecule has 1 aliphatic heterocycles. The van der Waals surface area contributed by atoms with Gasteiger partial charge in [0.1, 0.15) is 11.5 Å². The first-order valence-corrected chi connectivity index (χ1v) is 11.6. The largest absolute Gasteiger partial charge is 0.431 e. The van der Waals surface area contributed by atoms with Gasteiger partial charge in [0.2, 0.25) is 0 Å².